The van der Waals surface area contributed by atoms with Gasteiger partial charge in [0.2, 0.25) is 0 Å². The predicted octanol–water partition coefficient (Wildman–Crippen LogP) is 3.35. The molecule has 0 unspecified atom stereocenters. The Morgan fingerprint density at radius 2 is 1.50 bits per heavy atom. The summed E-state index contributed by atoms with van der Waals surface area (Å²) in [6, 6.07) is 8.13. The molecule has 1 nitrogen and oxygen atoms in total. The standard InChI is InChI=1S/C10H9Br3O/c11-10(12,13)9(14)5-7-3-1-2-4-8(7)6-9/h1-4,14H,5-6H2. The number of hydrogen-bond acceptors (Lipinski definition) is 1. The minimum atomic E-state index is -0.809. The summed E-state index contributed by atoms with van der Waals surface area (Å²) in [5.74, 6) is 0. The van der Waals surface area contributed by atoms with Crippen LogP contribution in [0.25, 0.3) is 0 Å². The van der Waals surface area contributed by atoms with Crippen molar-refractivity contribution in [2.75, 3.05) is 0 Å². The first kappa shape index (κ1) is 11.1. The van der Waals surface area contributed by atoms with Crippen LogP contribution in [0.4, 0.5) is 0 Å². The Morgan fingerprint density at radius 3 is 1.86 bits per heavy atom. The van der Waals surface area contributed by atoms with Gasteiger partial charge in [-0.25, -0.2) is 0 Å². The van der Waals surface area contributed by atoms with E-state index < -0.39 is 7.74 Å². The molecule has 0 aliphatic heterocycles. The number of rotatable bonds is 0. The Hall–Kier alpha value is 0.620. The average Bonchev–Trinajstić information content (AvgIpc) is 2.40. The van der Waals surface area contributed by atoms with E-state index in [-0.39, 0.29) is 0 Å². The molecule has 1 aromatic rings. The number of aliphatic hydroxyl groups is 1. The number of alkyl halides is 3. The van der Waals surface area contributed by atoms with Crippen LogP contribution in [-0.2, 0) is 12.8 Å². The van der Waals surface area contributed by atoms with Crippen molar-refractivity contribution in [3.8, 4) is 0 Å². The highest BCUT2D eigenvalue weighted by molar-refractivity contribution is 9.39. The molecule has 14 heavy (non-hydrogen) atoms. The summed E-state index contributed by atoms with van der Waals surface area (Å²) < 4.78 is -0.612. The van der Waals surface area contributed by atoms with E-state index in [1.54, 1.807) is 0 Å². The van der Waals surface area contributed by atoms with E-state index in [1.807, 2.05) is 12.1 Å². The van der Waals surface area contributed by atoms with Crippen molar-refractivity contribution in [3.05, 3.63) is 35.4 Å². The third-order valence-electron chi connectivity index (χ3n) is 2.61. The average molecular weight is 385 g/mol. The molecule has 1 aromatic carbocycles. The molecule has 76 valence electrons. The molecule has 4 heteroatoms. The third kappa shape index (κ3) is 1.82. The smallest absolute Gasteiger partial charge is 0.163 e. The molecule has 1 N–H and O–H groups in total. The van der Waals surface area contributed by atoms with Gasteiger partial charge in [0.1, 0.15) is 5.60 Å². The van der Waals surface area contributed by atoms with Gasteiger partial charge in [-0.1, -0.05) is 72.1 Å². The van der Waals surface area contributed by atoms with Crippen molar-refractivity contribution < 1.29 is 5.11 Å². The zero-order valence-electron chi connectivity index (χ0n) is 7.30. The molecule has 0 aromatic heterocycles. The molecule has 0 saturated carbocycles. The number of halogens is 3. The van der Waals surface area contributed by atoms with E-state index in [4.69, 9.17) is 0 Å². The van der Waals surface area contributed by atoms with Crippen LogP contribution < -0.4 is 0 Å². The summed E-state index contributed by atoms with van der Waals surface area (Å²) in [7, 11) is 0. The molecule has 0 radical (unpaired) electrons. The van der Waals surface area contributed by atoms with Gasteiger partial charge in [-0.15, -0.1) is 0 Å². The molecule has 0 saturated heterocycles. The summed E-state index contributed by atoms with van der Waals surface area (Å²) >= 11 is 10.2. The first-order valence-corrected chi connectivity index (χ1v) is 6.66. The zero-order valence-corrected chi connectivity index (χ0v) is 12.1. The first-order valence-electron chi connectivity index (χ1n) is 4.28. The minimum Gasteiger partial charge on any atom is -0.386 e. The molecule has 0 amide bonds. The Morgan fingerprint density at radius 1 is 1.07 bits per heavy atom. The minimum absolute atomic E-state index is 0.612. The van der Waals surface area contributed by atoms with Crippen LogP contribution in [0.15, 0.2) is 24.3 Å². The molecular weight excluding hydrogens is 376 g/mol. The molecule has 0 fully saturated rings. The normalized spacial score (nSPS) is 19.4. The van der Waals surface area contributed by atoms with Crippen molar-refractivity contribution in [2.45, 2.75) is 20.6 Å². The SMILES string of the molecule is OC1(C(Br)(Br)Br)Cc2ccccc2C1. The lowest BCUT2D eigenvalue weighted by atomic mass is 10.0. The van der Waals surface area contributed by atoms with Crippen molar-refractivity contribution in [3.63, 3.8) is 0 Å². The maximum absolute atomic E-state index is 10.4. The van der Waals surface area contributed by atoms with Gasteiger partial charge in [0.25, 0.3) is 0 Å². The lowest BCUT2D eigenvalue weighted by Crippen LogP contribution is -2.42. The quantitative estimate of drug-likeness (QED) is 0.680. The first-order chi connectivity index (χ1) is 6.42. The highest BCUT2D eigenvalue weighted by Crippen LogP contribution is 2.50. The van der Waals surface area contributed by atoms with E-state index in [0.29, 0.717) is 12.8 Å². The summed E-state index contributed by atoms with van der Waals surface area (Å²) in [4.78, 5) is 0. The van der Waals surface area contributed by atoms with E-state index in [1.165, 1.54) is 11.1 Å². The Balaban J connectivity index is 2.35. The monoisotopic (exact) mass is 382 g/mol. The van der Waals surface area contributed by atoms with Crippen molar-refractivity contribution >= 4 is 47.8 Å². The van der Waals surface area contributed by atoms with Gasteiger partial charge in [0.05, 0.1) is 0 Å². The molecule has 0 bridgehead atoms. The molecule has 0 spiro atoms. The number of benzene rings is 1. The molecule has 0 heterocycles. The van der Waals surface area contributed by atoms with Crippen LogP contribution in [0.3, 0.4) is 0 Å². The second-order valence-electron chi connectivity index (χ2n) is 3.65. The van der Waals surface area contributed by atoms with Gasteiger partial charge in [-0.05, 0) is 11.1 Å². The Labute approximate surface area is 108 Å². The second kappa shape index (κ2) is 3.58. The van der Waals surface area contributed by atoms with E-state index in [9.17, 15) is 5.11 Å². The van der Waals surface area contributed by atoms with Crippen LogP contribution in [0.2, 0.25) is 0 Å². The van der Waals surface area contributed by atoms with Crippen LogP contribution in [0, 0.1) is 0 Å². The maximum atomic E-state index is 10.4. The topological polar surface area (TPSA) is 20.2 Å². The largest absolute Gasteiger partial charge is 0.386 e. The zero-order chi connectivity index (χ0) is 10.4. The van der Waals surface area contributed by atoms with Gasteiger partial charge in [-0.3, -0.25) is 0 Å². The predicted molar refractivity (Wildman–Crippen MR) is 68.3 cm³/mol. The summed E-state index contributed by atoms with van der Waals surface area (Å²) in [5, 5.41) is 10.4. The fourth-order valence-electron chi connectivity index (χ4n) is 1.80. The highest BCUT2D eigenvalue weighted by atomic mass is 80.0. The molecule has 2 rings (SSSR count). The second-order valence-corrected chi connectivity index (χ2v) is 10.4. The van der Waals surface area contributed by atoms with Crippen LogP contribution in [0.5, 0.6) is 0 Å². The van der Waals surface area contributed by atoms with Gasteiger partial charge < -0.3 is 5.11 Å². The van der Waals surface area contributed by atoms with Crippen LogP contribution >= 0.6 is 47.8 Å². The molecule has 0 atom stereocenters. The fraction of sp³-hybridized carbons (Fsp3) is 0.400. The van der Waals surface area contributed by atoms with Gasteiger partial charge in [0, 0.05) is 12.8 Å². The van der Waals surface area contributed by atoms with Crippen molar-refractivity contribution in [2.24, 2.45) is 0 Å². The Bertz CT molecular complexity index is 332. The summed E-state index contributed by atoms with van der Waals surface area (Å²) in [6.07, 6.45) is 1.32. The van der Waals surface area contributed by atoms with Crippen molar-refractivity contribution in [1.82, 2.24) is 0 Å². The van der Waals surface area contributed by atoms with Crippen LogP contribution in [-0.4, -0.2) is 12.9 Å². The molecule has 1 aliphatic carbocycles. The Kier molecular flexibility index (Phi) is 2.84. The number of hydrogen-bond donors (Lipinski definition) is 1. The molecular formula is C10H9Br3O. The van der Waals surface area contributed by atoms with Gasteiger partial charge in [-0.2, -0.15) is 0 Å². The van der Waals surface area contributed by atoms with Gasteiger partial charge in [0.15, 0.2) is 2.14 Å². The number of fused-ring (bicyclic) bond motifs is 1. The highest BCUT2D eigenvalue weighted by Gasteiger charge is 2.49. The summed E-state index contributed by atoms with van der Waals surface area (Å²) in [6.45, 7) is 0. The van der Waals surface area contributed by atoms with E-state index in [0.717, 1.165) is 0 Å². The lowest BCUT2D eigenvalue weighted by Gasteiger charge is -2.31. The van der Waals surface area contributed by atoms with Crippen LogP contribution in [0.1, 0.15) is 11.1 Å². The van der Waals surface area contributed by atoms with Gasteiger partial charge >= 0.3 is 0 Å². The summed E-state index contributed by atoms with van der Waals surface area (Å²) in [5.41, 5.74) is 1.63. The fourth-order valence-corrected chi connectivity index (χ4v) is 2.64. The van der Waals surface area contributed by atoms with E-state index >= 15 is 0 Å². The molecule has 1 aliphatic rings. The van der Waals surface area contributed by atoms with Crippen molar-refractivity contribution in [1.29, 1.82) is 0 Å². The maximum Gasteiger partial charge on any atom is 0.163 e. The van der Waals surface area contributed by atoms with E-state index in [2.05, 4.69) is 59.9 Å². The lowest BCUT2D eigenvalue weighted by molar-refractivity contribution is 0.0660. The third-order valence-corrected chi connectivity index (χ3v) is 4.83.